The minimum atomic E-state index is -1.05. The van der Waals surface area contributed by atoms with Gasteiger partial charge in [0.2, 0.25) is 6.29 Å². The maximum absolute atomic E-state index is 10.6. The highest BCUT2D eigenvalue weighted by atomic mass is 16.6. The lowest BCUT2D eigenvalue weighted by atomic mass is 10.0. The third-order valence-electron chi connectivity index (χ3n) is 5.46. The van der Waals surface area contributed by atoms with Crippen LogP contribution in [-0.2, 0) is 0 Å². The first-order valence-corrected chi connectivity index (χ1v) is 9.60. The maximum atomic E-state index is 10.6. The standard InChI is InChI=1S/C21H23N5O2/c1-24-6-2-7-25(10-9-24)16-4-3-15-11-17(21(27)28-19(15)12-16)18-14-26-8-5-22-13-20(26)23-18/h3-5,8,11-14,21,27H,2,6-7,9-10H2,1H3. The van der Waals surface area contributed by atoms with Crippen LogP contribution in [0.5, 0.6) is 5.75 Å². The number of benzene rings is 1. The Labute approximate surface area is 163 Å². The van der Waals surface area contributed by atoms with Gasteiger partial charge in [-0.2, -0.15) is 0 Å². The van der Waals surface area contributed by atoms with Gasteiger partial charge in [0.15, 0.2) is 5.65 Å². The highest BCUT2D eigenvalue weighted by Crippen LogP contribution is 2.36. The Kier molecular flexibility index (Phi) is 4.26. The van der Waals surface area contributed by atoms with Crippen molar-refractivity contribution >= 4 is 23.0 Å². The van der Waals surface area contributed by atoms with Crippen molar-refractivity contribution in [2.45, 2.75) is 12.7 Å². The Bertz CT molecular complexity index is 1010. The van der Waals surface area contributed by atoms with E-state index in [1.807, 2.05) is 28.9 Å². The van der Waals surface area contributed by atoms with Crippen molar-refractivity contribution in [3.63, 3.8) is 0 Å². The van der Waals surface area contributed by atoms with Crippen LogP contribution in [0.4, 0.5) is 5.69 Å². The second kappa shape index (κ2) is 6.92. The smallest absolute Gasteiger partial charge is 0.226 e. The lowest BCUT2D eigenvalue weighted by Crippen LogP contribution is -2.29. The molecule has 0 spiro atoms. The van der Waals surface area contributed by atoms with Gasteiger partial charge in [0.25, 0.3) is 0 Å². The van der Waals surface area contributed by atoms with E-state index in [1.54, 1.807) is 12.4 Å². The number of hydrogen-bond donors (Lipinski definition) is 1. The molecule has 0 amide bonds. The summed E-state index contributed by atoms with van der Waals surface area (Å²) < 4.78 is 7.74. The predicted molar refractivity (Wildman–Crippen MR) is 108 cm³/mol. The van der Waals surface area contributed by atoms with Crippen LogP contribution in [0.2, 0.25) is 0 Å². The van der Waals surface area contributed by atoms with Crippen molar-refractivity contribution in [3.8, 4) is 5.75 Å². The molecule has 7 nitrogen and oxygen atoms in total. The summed E-state index contributed by atoms with van der Waals surface area (Å²) in [4.78, 5) is 13.4. The van der Waals surface area contributed by atoms with Crippen molar-refractivity contribution in [1.29, 1.82) is 0 Å². The highest BCUT2D eigenvalue weighted by molar-refractivity contribution is 5.86. The molecule has 5 rings (SSSR count). The summed E-state index contributed by atoms with van der Waals surface area (Å²) in [5.41, 5.74) is 4.16. The van der Waals surface area contributed by atoms with Gasteiger partial charge in [0.1, 0.15) is 5.75 Å². The topological polar surface area (TPSA) is 66.1 Å². The van der Waals surface area contributed by atoms with Gasteiger partial charge >= 0.3 is 0 Å². The average molecular weight is 377 g/mol. The van der Waals surface area contributed by atoms with Crippen molar-refractivity contribution in [2.24, 2.45) is 0 Å². The molecule has 3 aromatic rings. The van der Waals surface area contributed by atoms with Crippen LogP contribution in [0.15, 0.2) is 43.0 Å². The van der Waals surface area contributed by atoms with Crippen molar-refractivity contribution in [1.82, 2.24) is 19.3 Å². The fraction of sp³-hybridized carbons (Fsp3) is 0.333. The fourth-order valence-electron chi connectivity index (χ4n) is 3.85. The molecule has 1 fully saturated rings. The molecule has 0 radical (unpaired) electrons. The summed E-state index contributed by atoms with van der Waals surface area (Å²) >= 11 is 0. The predicted octanol–water partition coefficient (Wildman–Crippen LogP) is 2.12. The monoisotopic (exact) mass is 377 g/mol. The molecule has 0 aliphatic carbocycles. The van der Waals surface area contributed by atoms with Crippen LogP contribution in [0, 0.1) is 0 Å². The number of fused-ring (bicyclic) bond motifs is 2. The summed E-state index contributed by atoms with van der Waals surface area (Å²) in [6, 6.07) is 6.22. The zero-order valence-electron chi connectivity index (χ0n) is 15.8. The molecule has 1 atom stereocenters. The number of rotatable bonds is 2. The third-order valence-corrected chi connectivity index (χ3v) is 5.46. The van der Waals surface area contributed by atoms with Gasteiger partial charge in [-0.3, -0.25) is 4.98 Å². The number of imidazole rings is 1. The van der Waals surface area contributed by atoms with Crippen LogP contribution in [0.25, 0.3) is 17.3 Å². The van der Waals surface area contributed by atoms with Gasteiger partial charge in [-0.1, -0.05) is 0 Å². The Morgan fingerprint density at radius 3 is 3.00 bits per heavy atom. The number of likely N-dealkylation sites (N-methyl/N-ethyl adjacent to an activating group) is 1. The number of aliphatic hydroxyl groups excluding tert-OH is 1. The zero-order valence-corrected chi connectivity index (χ0v) is 15.8. The summed E-state index contributed by atoms with van der Waals surface area (Å²) in [5.74, 6) is 0.705. The molecule has 0 bridgehead atoms. The second-order valence-corrected chi connectivity index (χ2v) is 7.40. The molecule has 2 aliphatic heterocycles. The number of aromatic nitrogens is 3. The Morgan fingerprint density at radius 1 is 1.18 bits per heavy atom. The number of ether oxygens (including phenoxy) is 1. The van der Waals surface area contributed by atoms with Crippen LogP contribution >= 0.6 is 0 Å². The van der Waals surface area contributed by atoms with Gasteiger partial charge in [-0.05, 0) is 38.2 Å². The number of anilines is 1. The van der Waals surface area contributed by atoms with Gasteiger partial charge in [0, 0.05) is 61.1 Å². The Balaban J connectivity index is 1.46. The van der Waals surface area contributed by atoms with E-state index in [4.69, 9.17) is 4.74 Å². The minimum Gasteiger partial charge on any atom is -0.460 e. The van der Waals surface area contributed by atoms with E-state index in [0.29, 0.717) is 17.0 Å². The van der Waals surface area contributed by atoms with Crippen molar-refractivity contribution in [2.75, 3.05) is 38.1 Å². The molecule has 1 aromatic carbocycles. The summed E-state index contributed by atoms with van der Waals surface area (Å²) in [5, 5.41) is 10.6. The lowest BCUT2D eigenvalue weighted by Gasteiger charge is -2.27. The zero-order chi connectivity index (χ0) is 19.1. The molecule has 1 saturated heterocycles. The van der Waals surface area contributed by atoms with E-state index >= 15 is 0 Å². The normalized spacial score (nSPS) is 20.4. The van der Waals surface area contributed by atoms with Crippen molar-refractivity contribution < 1.29 is 9.84 Å². The van der Waals surface area contributed by atoms with Crippen LogP contribution in [-0.4, -0.2) is 63.9 Å². The highest BCUT2D eigenvalue weighted by Gasteiger charge is 2.25. The van der Waals surface area contributed by atoms with Gasteiger partial charge < -0.3 is 24.0 Å². The molecule has 2 aliphatic rings. The maximum Gasteiger partial charge on any atom is 0.226 e. The first kappa shape index (κ1) is 17.2. The molecule has 1 N–H and O–H groups in total. The van der Waals surface area contributed by atoms with Crippen LogP contribution in [0.1, 0.15) is 17.7 Å². The van der Waals surface area contributed by atoms with E-state index in [2.05, 4.69) is 38.9 Å². The fourth-order valence-corrected chi connectivity index (χ4v) is 3.85. The van der Waals surface area contributed by atoms with E-state index in [9.17, 15) is 5.11 Å². The SMILES string of the molecule is CN1CCCN(c2ccc3c(c2)OC(O)C(c2cn4ccncc4n2)=C3)CC1. The van der Waals surface area contributed by atoms with Crippen LogP contribution in [0.3, 0.4) is 0 Å². The molecular formula is C21H23N5O2. The second-order valence-electron chi connectivity index (χ2n) is 7.40. The van der Waals surface area contributed by atoms with Gasteiger partial charge in [0.05, 0.1) is 11.9 Å². The molecule has 0 saturated carbocycles. The number of hydrogen-bond acceptors (Lipinski definition) is 6. The largest absolute Gasteiger partial charge is 0.460 e. The Morgan fingerprint density at radius 2 is 2.11 bits per heavy atom. The Hall–Kier alpha value is -2.90. The molecular weight excluding hydrogens is 354 g/mol. The van der Waals surface area contributed by atoms with Gasteiger partial charge in [-0.25, -0.2) is 4.98 Å². The van der Waals surface area contributed by atoms with E-state index in [-0.39, 0.29) is 0 Å². The average Bonchev–Trinajstić information content (AvgIpc) is 3.01. The summed E-state index contributed by atoms with van der Waals surface area (Å²) in [6.45, 7) is 4.20. The molecule has 28 heavy (non-hydrogen) atoms. The van der Waals surface area contributed by atoms with E-state index in [0.717, 1.165) is 49.5 Å². The van der Waals surface area contributed by atoms with Gasteiger partial charge in [-0.15, -0.1) is 0 Å². The van der Waals surface area contributed by atoms with E-state index < -0.39 is 6.29 Å². The number of aliphatic hydroxyl groups is 1. The first-order chi connectivity index (χ1) is 13.7. The first-order valence-electron chi connectivity index (χ1n) is 9.60. The summed E-state index contributed by atoms with van der Waals surface area (Å²) in [7, 11) is 2.16. The van der Waals surface area contributed by atoms with Crippen LogP contribution < -0.4 is 9.64 Å². The number of nitrogens with zero attached hydrogens (tertiary/aromatic N) is 5. The van der Waals surface area contributed by atoms with Crippen molar-refractivity contribution in [3.05, 3.63) is 54.2 Å². The molecule has 4 heterocycles. The van der Waals surface area contributed by atoms with E-state index in [1.165, 1.54) is 0 Å². The molecule has 2 aromatic heterocycles. The lowest BCUT2D eigenvalue weighted by molar-refractivity contribution is 0.0318. The quantitative estimate of drug-likeness (QED) is 0.738. The molecule has 7 heteroatoms. The molecule has 1 unspecified atom stereocenters. The minimum absolute atomic E-state index is 0.653. The molecule has 144 valence electrons. The third kappa shape index (κ3) is 3.12. The summed E-state index contributed by atoms with van der Waals surface area (Å²) in [6.07, 6.45) is 9.17.